The van der Waals surface area contributed by atoms with E-state index in [2.05, 4.69) is 20.3 Å². The van der Waals surface area contributed by atoms with Crippen LogP contribution in [0.25, 0.3) is 11.0 Å². The van der Waals surface area contributed by atoms with Crippen molar-refractivity contribution in [2.75, 3.05) is 11.9 Å². The SMILES string of the molecule is c1ccc(CCNc2nc3ccccc3[nH]2)nc1. The van der Waals surface area contributed by atoms with E-state index in [1.165, 1.54) is 0 Å². The lowest BCUT2D eigenvalue weighted by Gasteiger charge is -2.01. The van der Waals surface area contributed by atoms with E-state index in [-0.39, 0.29) is 0 Å². The number of aromatic amines is 1. The molecule has 0 aliphatic rings. The normalized spacial score (nSPS) is 10.7. The van der Waals surface area contributed by atoms with Gasteiger partial charge in [0.2, 0.25) is 5.95 Å². The van der Waals surface area contributed by atoms with Crippen molar-refractivity contribution in [2.24, 2.45) is 0 Å². The van der Waals surface area contributed by atoms with E-state index in [1.807, 2.05) is 48.7 Å². The average Bonchev–Trinajstić information content (AvgIpc) is 2.82. The zero-order valence-electron chi connectivity index (χ0n) is 9.93. The first-order valence-corrected chi connectivity index (χ1v) is 6.00. The lowest BCUT2D eigenvalue weighted by molar-refractivity contribution is 0.950. The Hall–Kier alpha value is -2.36. The van der Waals surface area contributed by atoms with E-state index in [9.17, 15) is 0 Å². The van der Waals surface area contributed by atoms with E-state index >= 15 is 0 Å². The number of para-hydroxylation sites is 2. The van der Waals surface area contributed by atoms with Gasteiger partial charge in [-0.3, -0.25) is 4.98 Å². The van der Waals surface area contributed by atoms with Crippen LogP contribution < -0.4 is 5.32 Å². The van der Waals surface area contributed by atoms with Crippen molar-refractivity contribution in [3.63, 3.8) is 0 Å². The van der Waals surface area contributed by atoms with Gasteiger partial charge in [-0.15, -0.1) is 0 Å². The fourth-order valence-corrected chi connectivity index (χ4v) is 1.89. The molecule has 4 nitrogen and oxygen atoms in total. The second kappa shape index (κ2) is 4.87. The Bertz CT molecular complexity index is 597. The first-order chi connectivity index (χ1) is 8.92. The summed E-state index contributed by atoms with van der Waals surface area (Å²) in [4.78, 5) is 12.0. The number of rotatable bonds is 4. The Balaban J connectivity index is 1.63. The third-order valence-corrected chi connectivity index (χ3v) is 2.79. The summed E-state index contributed by atoms with van der Waals surface area (Å²) < 4.78 is 0. The topological polar surface area (TPSA) is 53.6 Å². The largest absolute Gasteiger partial charge is 0.355 e. The third kappa shape index (κ3) is 2.32. The summed E-state index contributed by atoms with van der Waals surface area (Å²) in [6, 6.07) is 14.0. The Labute approximate surface area is 105 Å². The molecule has 0 saturated carbocycles. The Morgan fingerprint density at radius 1 is 1.06 bits per heavy atom. The second-order valence-corrected chi connectivity index (χ2v) is 4.10. The molecule has 2 aromatic heterocycles. The minimum absolute atomic E-state index is 0.812. The van der Waals surface area contributed by atoms with Gasteiger partial charge in [-0.2, -0.15) is 0 Å². The maximum Gasteiger partial charge on any atom is 0.201 e. The van der Waals surface area contributed by atoms with E-state index in [1.54, 1.807) is 0 Å². The van der Waals surface area contributed by atoms with E-state index in [0.717, 1.165) is 35.6 Å². The van der Waals surface area contributed by atoms with Gasteiger partial charge in [-0.05, 0) is 24.3 Å². The Morgan fingerprint density at radius 2 is 1.94 bits per heavy atom. The molecule has 0 bridgehead atoms. The number of pyridine rings is 1. The van der Waals surface area contributed by atoms with Crippen LogP contribution in [0.5, 0.6) is 0 Å². The van der Waals surface area contributed by atoms with E-state index in [4.69, 9.17) is 0 Å². The molecule has 0 aliphatic carbocycles. The summed E-state index contributed by atoms with van der Waals surface area (Å²) in [5.41, 5.74) is 3.12. The molecule has 0 amide bonds. The fourth-order valence-electron chi connectivity index (χ4n) is 1.89. The van der Waals surface area contributed by atoms with Crippen molar-refractivity contribution >= 4 is 17.0 Å². The molecular formula is C14H14N4. The quantitative estimate of drug-likeness (QED) is 0.734. The van der Waals surface area contributed by atoms with Gasteiger partial charge in [0.25, 0.3) is 0 Å². The van der Waals surface area contributed by atoms with Crippen LogP contribution in [0.15, 0.2) is 48.7 Å². The number of imidazole rings is 1. The third-order valence-electron chi connectivity index (χ3n) is 2.79. The predicted octanol–water partition coefficient (Wildman–Crippen LogP) is 2.61. The lowest BCUT2D eigenvalue weighted by atomic mass is 10.3. The number of fused-ring (bicyclic) bond motifs is 1. The summed E-state index contributed by atoms with van der Waals surface area (Å²) >= 11 is 0. The molecule has 0 radical (unpaired) electrons. The van der Waals surface area contributed by atoms with Crippen molar-refractivity contribution in [3.8, 4) is 0 Å². The number of nitrogens with one attached hydrogen (secondary N) is 2. The molecule has 2 heterocycles. The molecule has 1 aromatic carbocycles. The predicted molar refractivity (Wildman–Crippen MR) is 72.5 cm³/mol. The standard InChI is InChI=1S/C14H14N4/c1-2-7-13-12(6-1)17-14(18-13)16-10-8-11-5-3-4-9-15-11/h1-7,9H,8,10H2,(H2,16,17,18). The molecule has 2 N–H and O–H groups in total. The lowest BCUT2D eigenvalue weighted by Crippen LogP contribution is -2.06. The highest BCUT2D eigenvalue weighted by Crippen LogP contribution is 2.13. The molecule has 18 heavy (non-hydrogen) atoms. The molecule has 0 atom stereocenters. The van der Waals surface area contributed by atoms with E-state index < -0.39 is 0 Å². The van der Waals surface area contributed by atoms with Crippen LogP contribution in [0.1, 0.15) is 5.69 Å². The number of anilines is 1. The number of benzene rings is 1. The van der Waals surface area contributed by atoms with Gasteiger partial charge in [-0.25, -0.2) is 4.98 Å². The zero-order chi connectivity index (χ0) is 12.2. The summed E-state index contributed by atoms with van der Waals surface area (Å²) in [6.07, 6.45) is 2.70. The van der Waals surface area contributed by atoms with Gasteiger partial charge >= 0.3 is 0 Å². The van der Waals surface area contributed by atoms with Crippen LogP contribution >= 0.6 is 0 Å². The van der Waals surface area contributed by atoms with Crippen LogP contribution in [0, 0.1) is 0 Å². The van der Waals surface area contributed by atoms with Gasteiger partial charge < -0.3 is 10.3 Å². The van der Waals surface area contributed by atoms with E-state index in [0.29, 0.717) is 0 Å². The minimum Gasteiger partial charge on any atom is -0.355 e. The highest BCUT2D eigenvalue weighted by molar-refractivity contribution is 5.77. The smallest absolute Gasteiger partial charge is 0.201 e. The average molecular weight is 238 g/mol. The molecule has 0 spiro atoms. The highest BCUT2D eigenvalue weighted by Gasteiger charge is 2.00. The second-order valence-electron chi connectivity index (χ2n) is 4.10. The van der Waals surface area contributed by atoms with Crippen LogP contribution in [0.2, 0.25) is 0 Å². The molecule has 90 valence electrons. The minimum atomic E-state index is 0.812. The summed E-state index contributed by atoms with van der Waals surface area (Å²) in [6.45, 7) is 0.816. The highest BCUT2D eigenvalue weighted by atomic mass is 15.1. The Kier molecular flexibility index (Phi) is 2.92. The molecule has 3 rings (SSSR count). The summed E-state index contributed by atoms with van der Waals surface area (Å²) in [7, 11) is 0. The van der Waals surface area contributed by atoms with Crippen LogP contribution in [-0.2, 0) is 6.42 Å². The summed E-state index contributed by atoms with van der Waals surface area (Å²) in [5, 5.41) is 3.28. The van der Waals surface area contributed by atoms with Crippen molar-refractivity contribution in [2.45, 2.75) is 6.42 Å². The van der Waals surface area contributed by atoms with Crippen LogP contribution in [0.4, 0.5) is 5.95 Å². The van der Waals surface area contributed by atoms with Crippen LogP contribution in [0.3, 0.4) is 0 Å². The first kappa shape index (κ1) is 10.8. The van der Waals surface area contributed by atoms with Gasteiger partial charge in [0.15, 0.2) is 0 Å². The number of nitrogens with zero attached hydrogens (tertiary/aromatic N) is 2. The van der Waals surface area contributed by atoms with Gasteiger partial charge in [0, 0.05) is 24.9 Å². The molecule has 3 aromatic rings. The number of H-pyrrole nitrogens is 1. The van der Waals surface area contributed by atoms with Crippen LogP contribution in [-0.4, -0.2) is 21.5 Å². The molecular weight excluding hydrogens is 224 g/mol. The van der Waals surface area contributed by atoms with Gasteiger partial charge in [0.1, 0.15) is 0 Å². The maximum atomic E-state index is 4.46. The number of hydrogen-bond donors (Lipinski definition) is 2. The van der Waals surface area contributed by atoms with Crippen molar-refractivity contribution in [3.05, 3.63) is 54.4 Å². The maximum absolute atomic E-state index is 4.46. The van der Waals surface area contributed by atoms with Gasteiger partial charge in [-0.1, -0.05) is 18.2 Å². The number of aromatic nitrogens is 3. The molecule has 0 saturated heterocycles. The first-order valence-electron chi connectivity index (χ1n) is 6.00. The van der Waals surface area contributed by atoms with Crippen molar-refractivity contribution < 1.29 is 0 Å². The summed E-state index contributed by atoms with van der Waals surface area (Å²) in [5.74, 6) is 0.812. The fraction of sp³-hybridized carbons (Fsp3) is 0.143. The van der Waals surface area contributed by atoms with Gasteiger partial charge in [0.05, 0.1) is 11.0 Å². The Morgan fingerprint density at radius 3 is 2.78 bits per heavy atom. The molecule has 0 fully saturated rings. The monoisotopic (exact) mass is 238 g/mol. The molecule has 0 aliphatic heterocycles. The van der Waals surface area contributed by atoms with Crippen molar-refractivity contribution in [1.82, 2.24) is 15.0 Å². The molecule has 4 heteroatoms. The molecule has 0 unspecified atom stereocenters. The van der Waals surface area contributed by atoms with Crippen molar-refractivity contribution in [1.29, 1.82) is 0 Å². The number of hydrogen-bond acceptors (Lipinski definition) is 3. The zero-order valence-corrected chi connectivity index (χ0v) is 9.93.